The SMILES string of the molecule is C/C=C/C1=NCCCN1. The lowest BCUT2D eigenvalue weighted by molar-refractivity contribution is 0.744. The first-order chi connectivity index (χ1) is 4.43. The van der Waals surface area contributed by atoms with Gasteiger partial charge in [0.05, 0.1) is 0 Å². The predicted molar refractivity (Wildman–Crippen MR) is 39.7 cm³/mol. The van der Waals surface area contributed by atoms with Crippen molar-refractivity contribution in [2.24, 2.45) is 4.99 Å². The molecule has 0 amide bonds. The minimum Gasteiger partial charge on any atom is -0.370 e. The standard InChI is InChI=1S/C7H12N2/c1-2-4-7-8-5-3-6-9-7/h2,4H,3,5-6H2,1H3,(H,8,9)/b4-2+. The fraction of sp³-hybridized carbons (Fsp3) is 0.571. The summed E-state index contributed by atoms with van der Waals surface area (Å²) in [4.78, 5) is 4.24. The van der Waals surface area contributed by atoms with Crippen LogP contribution in [-0.2, 0) is 0 Å². The van der Waals surface area contributed by atoms with Crippen LogP contribution in [0.5, 0.6) is 0 Å². The smallest absolute Gasteiger partial charge is 0.120 e. The van der Waals surface area contributed by atoms with Gasteiger partial charge in [0, 0.05) is 13.1 Å². The number of amidine groups is 1. The normalized spacial score (nSPS) is 19.4. The molecule has 1 aliphatic heterocycles. The number of nitrogens with one attached hydrogen (secondary N) is 1. The summed E-state index contributed by atoms with van der Waals surface area (Å²) < 4.78 is 0. The van der Waals surface area contributed by atoms with Gasteiger partial charge in [-0.3, -0.25) is 4.99 Å². The summed E-state index contributed by atoms with van der Waals surface area (Å²) in [5.41, 5.74) is 0. The second-order valence-electron chi connectivity index (χ2n) is 2.05. The fourth-order valence-electron chi connectivity index (χ4n) is 0.820. The van der Waals surface area contributed by atoms with Gasteiger partial charge in [0.15, 0.2) is 0 Å². The molecular weight excluding hydrogens is 112 g/mol. The number of hydrogen-bond donors (Lipinski definition) is 1. The zero-order valence-corrected chi connectivity index (χ0v) is 5.72. The molecule has 0 radical (unpaired) electrons. The summed E-state index contributed by atoms with van der Waals surface area (Å²) in [6.45, 7) is 4.05. The van der Waals surface area contributed by atoms with Gasteiger partial charge in [0.2, 0.25) is 0 Å². The van der Waals surface area contributed by atoms with Crippen LogP contribution in [0.25, 0.3) is 0 Å². The summed E-state index contributed by atoms with van der Waals surface area (Å²) in [5.74, 6) is 1.03. The van der Waals surface area contributed by atoms with Gasteiger partial charge in [-0.25, -0.2) is 0 Å². The third-order valence-corrected chi connectivity index (χ3v) is 1.25. The Hall–Kier alpha value is -0.790. The maximum Gasteiger partial charge on any atom is 0.120 e. The summed E-state index contributed by atoms with van der Waals surface area (Å²) in [6, 6.07) is 0. The number of nitrogens with zero attached hydrogens (tertiary/aromatic N) is 1. The quantitative estimate of drug-likeness (QED) is 0.553. The first-order valence-electron chi connectivity index (χ1n) is 3.34. The topological polar surface area (TPSA) is 24.4 Å². The Morgan fingerprint density at radius 2 is 2.56 bits per heavy atom. The van der Waals surface area contributed by atoms with Crippen molar-refractivity contribution in [3.63, 3.8) is 0 Å². The summed E-state index contributed by atoms with van der Waals surface area (Å²) in [7, 11) is 0. The van der Waals surface area contributed by atoms with Gasteiger partial charge in [0.25, 0.3) is 0 Å². The van der Waals surface area contributed by atoms with Crippen LogP contribution in [0.3, 0.4) is 0 Å². The highest BCUT2D eigenvalue weighted by molar-refractivity contribution is 5.93. The van der Waals surface area contributed by atoms with Gasteiger partial charge in [-0.05, 0) is 19.4 Å². The average Bonchev–Trinajstić information content (AvgIpc) is 1.91. The molecule has 0 unspecified atom stereocenters. The molecule has 0 aromatic carbocycles. The van der Waals surface area contributed by atoms with Crippen molar-refractivity contribution >= 4 is 5.84 Å². The van der Waals surface area contributed by atoms with Crippen molar-refractivity contribution in [3.8, 4) is 0 Å². The zero-order valence-electron chi connectivity index (χ0n) is 5.72. The third-order valence-electron chi connectivity index (χ3n) is 1.25. The van der Waals surface area contributed by atoms with E-state index in [4.69, 9.17) is 0 Å². The van der Waals surface area contributed by atoms with E-state index in [0.717, 1.165) is 18.9 Å². The van der Waals surface area contributed by atoms with Gasteiger partial charge < -0.3 is 5.32 Å². The molecule has 50 valence electrons. The maximum atomic E-state index is 4.24. The van der Waals surface area contributed by atoms with E-state index in [9.17, 15) is 0 Å². The summed E-state index contributed by atoms with van der Waals surface area (Å²) in [5, 5.41) is 3.18. The Kier molecular flexibility index (Phi) is 2.31. The maximum absolute atomic E-state index is 4.24. The third kappa shape index (κ3) is 1.88. The monoisotopic (exact) mass is 124 g/mol. The van der Waals surface area contributed by atoms with Crippen molar-refractivity contribution < 1.29 is 0 Å². The molecule has 0 atom stereocenters. The molecular formula is C7H12N2. The van der Waals surface area contributed by atoms with Crippen LogP contribution in [0, 0.1) is 0 Å². The first-order valence-corrected chi connectivity index (χ1v) is 3.34. The molecule has 0 aromatic rings. The van der Waals surface area contributed by atoms with Gasteiger partial charge >= 0.3 is 0 Å². The van der Waals surface area contributed by atoms with Crippen LogP contribution >= 0.6 is 0 Å². The van der Waals surface area contributed by atoms with Crippen LogP contribution in [-0.4, -0.2) is 18.9 Å². The molecule has 9 heavy (non-hydrogen) atoms. The van der Waals surface area contributed by atoms with Gasteiger partial charge in [-0.2, -0.15) is 0 Å². The second kappa shape index (κ2) is 3.28. The van der Waals surface area contributed by atoms with Crippen molar-refractivity contribution in [3.05, 3.63) is 12.2 Å². The number of rotatable bonds is 1. The molecule has 2 nitrogen and oxygen atoms in total. The van der Waals surface area contributed by atoms with Crippen molar-refractivity contribution in [2.75, 3.05) is 13.1 Å². The number of aliphatic imine (C=N–C) groups is 1. The fourth-order valence-corrected chi connectivity index (χ4v) is 0.820. The molecule has 0 aliphatic carbocycles. The van der Waals surface area contributed by atoms with E-state index in [1.54, 1.807) is 0 Å². The van der Waals surface area contributed by atoms with E-state index in [0.29, 0.717) is 0 Å². The minimum absolute atomic E-state index is 0.979. The van der Waals surface area contributed by atoms with Crippen molar-refractivity contribution in [1.82, 2.24) is 5.32 Å². The highest BCUT2D eigenvalue weighted by Gasteiger charge is 1.96. The molecule has 0 bridgehead atoms. The van der Waals surface area contributed by atoms with Crippen LogP contribution in [0.2, 0.25) is 0 Å². The largest absolute Gasteiger partial charge is 0.370 e. The molecule has 1 rings (SSSR count). The Balaban J connectivity index is 2.46. The molecule has 0 spiro atoms. The number of hydrogen-bond acceptors (Lipinski definition) is 2. The van der Waals surface area contributed by atoms with Gasteiger partial charge in [-0.15, -0.1) is 0 Å². The Morgan fingerprint density at radius 3 is 3.11 bits per heavy atom. The van der Waals surface area contributed by atoms with E-state index in [1.165, 1.54) is 6.42 Å². The average molecular weight is 124 g/mol. The molecule has 0 fully saturated rings. The molecule has 2 heteroatoms. The zero-order chi connectivity index (χ0) is 6.53. The molecule has 1 heterocycles. The molecule has 1 aliphatic rings. The molecule has 0 saturated carbocycles. The summed E-state index contributed by atoms with van der Waals surface area (Å²) >= 11 is 0. The molecule has 0 saturated heterocycles. The predicted octanol–water partition coefficient (Wildman–Crippen LogP) is 0.954. The lowest BCUT2D eigenvalue weighted by Gasteiger charge is -2.10. The van der Waals surface area contributed by atoms with E-state index >= 15 is 0 Å². The van der Waals surface area contributed by atoms with E-state index in [1.807, 2.05) is 19.1 Å². The van der Waals surface area contributed by atoms with Crippen LogP contribution in [0.15, 0.2) is 17.1 Å². The molecule has 1 N–H and O–H groups in total. The lowest BCUT2D eigenvalue weighted by atomic mass is 10.3. The van der Waals surface area contributed by atoms with Crippen LogP contribution in [0.4, 0.5) is 0 Å². The second-order valence-corrected chi connectivity index (χ2v) is 2.05. The van der Waals surface area contributed by atoms with Crippen molar-refractivity contribution in [2.45, 2.75) is 13.3 Å². The van der Waals surface area contributed by atoms with Crippen LogP contribution in [0.1, 0.15) is 13.3 Å². The van der Waals surface area contributed by atoms with E-state index in [2.05, 4.69) is 10.3 Å². The first kappa shape index (κ1) is 6.33. The Labute approximate surface area is 55.7 Å². The Morgan fingerprint density at radius 1 is 1.67 bits per heavy atom. The Bertz CT molecular complexity index is 136. The lowest BCUT2D eigenvalue weighted by Crippen LogP contribution is -2.27. The molecule has 0 aromatic heterocycles. The highest BCUT2D eigenvalue weighted by atomic mass is 15.0. The van der Waals surface area contributed by atoms with Crippen molar-refractivity contribution in [1.29, 1.82) is 0 Å². The van der Waals surface area contributed by atoms with E-state index in [-0.39, 0.29) is 0 Å². The van der Waals surface area contributed by atoms with E-state index < -0.39 is 0 Å². The van der Waals surface area contributed by atoms with Gasteiger partial charge in [0.1, 0.15) is 5.84 Å². The van der Waals surface area contributed by atoms with Gasteiger partial charge in [-0.1, -0.05) is 6.08 Å². The minimum atomic E-state index is 0.979. The van der Waals surface area contributed by atoms with Crippen LogP contribution < -0.4 is 5.32 Å². The highest BCUT2D eigenvalue weighted by Crippen LogP contribution is 1.89. The number of allylic oxidation sites excluding steroid dienone is 1. The summed E-state index contributed by atoms with van der Waals surface area (Å²) in [6.07, 6.45) is 5.16.